The second kappa shape index (κ2) is 5.02. The van der Waals surface area contributed by atoms with Crippen molar-refractivity contribution in [2.24, 2.45) is 0 Å². The summed E-state index contributed by atoms with van der Waals surface area (Å²) in [5.74, 6) is 0. The Kier molecular flexibility index (Phi) is 3.83. The summed E-state index contributed by atoms with van der Waals surface area (Å²) in [5.41, 5.74) is 0.0401. The van der Waals surface area contributed by atoms with Gasteiger partial charge in [-0.05, 0) is 0 Å². The molecule has 0 N–H and O–H groups in total. The molecule has 6 heteroatoms. The van der Waals surface area contributed by atoms with Crippen LogP contribution in [0.15, 0.2) is 18.3 Å². The van der Waals surface area contributed by atoms with E-state index in [0.29, 0.717) is 5.65 Å². The Bertz CT molecular complexity index is 650. The van der Waals surface area contributed by atoms with Crippen LogP contribution in [0.5, 0.6) is 0 Å². The first-order chi connectivity index (χ1) is 9.09. The summed E-state index contributed by atoms with van der Waals surface area (Å²) < 4.78 is 7.76. The van der Waals surface area contributed by atoms with Gasteiger partial charge in [-0.15, -0.1) is 0 Å². The number of rotatable bonds is 1. The van der Waals surface area contributed by atoms with Gasteiger partial charge in [0.1, 0.15) is 0 Å². The quantitative estimate of drug-likeness (QED) is 0.712. The van der Waals surface area contributed by atoms with Gasteiger partial charge in [-0.25, -0.2) is 0 Å². The van der Waals surface area contributed by atoms with E-state index < -0.39 is 30.1 Å². The number of aromatic nitrogens is 3. The molecule has 0 aromatic carbocycles. The first-order valence-electron chi connectivity index (χ1n) is 6.67. The van der Waals surface area contributed by atoms with Crippen LogP contribution in [0.3, 0.4) is 0 Å². The number of fused-ring (bicyclic) bond motifs is 1. The van der Waals surface area contributed by atoms with Crippen LogP contribution >= 0.6 is 0 Å². The van der Waals surface area contributed by atoms with Crippen molar-refractivity contribution >= 4 is 39.2 Å². The van der Waals surface area contributed by atoms with Gasteiger partial charge in [0.15, 0.2) is 0 Å². The normalized spacial score (nSPS) is 12.7. The van der Waals surface area contributed by atoms with Crippen LogP contribution in [0.4, 0.5) is 4.79 Å². The Morgan fingerprint density at radius 3 is 2.50 bits per heavy atom. The SMILES string of the molecule is CC(C)(C)OC(=O)n1n[c]([Sn]([CH3])([CH3])[CH3])c2cccnc21. The molecule has 0 radical (unpaired) electrons. The zero-order valence-electron chi connectivity index (χ0n) is 12.9. The van der Waals surface area contributed by atoms with Gasteiger partial charge in [0.25, 0.3) is 0 Å². The summed E-state index contributed by atoms with van der Waals surface area (Å²) in [5, 5.41) is 5.49. The fourth-order valence-electron chi connectivity index (χ4n) is 1.94. The third kappa shape index (κ3) is 3.13. The van der Waals surface area contributed by atoms with E-state index in [1.807, 2.05) is 32.9 Å². The molecule has 20 heavy (non-hydrogen) atoms. The van der Waals surface area contributed by atoms with Crippen molar-refractivity contribution in [3.05, 3.63) is 18.3 Å². The van der Waals surface area contributed by atoms with Gasteiger partial charge in [-0.2, -0.15) is 0 Å². The van der Waals surface area contributed by atoms with Crippen LogP contribution in [-0.4, -0.2) is 44.8 Å². The molecule has 0 saturated carbocycles. The van der Waals surface area contributed by atoms with E-state index >= 15 is 0 Å². The van der Waals surface area contributed by atoms with Crippen molar-refractivity contribution in [2.45, 2.75) is 41.2 Å². The summed E-state index contributed by atoms with van der Waals surface area (Å²) in [6.07, 6.45) is 1.20. The predicted molar refractivity (Wildman–Crippen MR) is 82.1 cm³/mol. The third-order valence-electron chi connectivity index (χ3n) is 2.72. The molecule has 0 saturated heterocycles. The van der Waals surface area contributed by atoms with Gasteiger partial charge in [0.05, 0.1) is 0 Å². The summed E-state index contributed by atoms with van der Waals surface area (Å²) in [6.45, 7) is 5.52. The minimum atomic E-state index is -2.42. The molecule has 0 unspecified atom stereocenters. The van der Waals surface area contributed by atoms with Crippen LogP contribution in [-0.2, 0) is 4.74 Å². The van der Waals surface area contributed by atoms with Crippen LogP contribution in [0.1, 0.15) is 20.8 Å². The first-order valence-corrected chi connectivity index (χ1v) is 16.7. The number of carbonyl (C=O) groups is 1. The first kappa shape index (κ1) is 15.3. The van der Waals surface area contributed by atoms with Crippen LogP contribution in [0, 0.1) is 0 Å². The molecule has 5 nitrogen and oxygen atoms in total. The van der Waals surface area contributed by atoms with E-state index in [1.54, 1.807) is 6.20 Å². The Labute approximate surface area is 123 Å². The maximum absolute atomic E-state index is 12.3. The fraction of sp³-hybridized carbons (Fsp3) is 0.500. The summed E-state index contributed by atoms with van der Waals surface area (Å²) in [4.78, 5) is 23.4. The van der Waals surface area contributed by atoms with E-state index in [2.05, 4.69) is 24.9 Å². The molecule has 0 amide bonds. The zero-order valence-corrected chi connectivity index (χ0v) is 15.7. The van der Waals surface area contributed by atoms with Crippen molar-refractivity contribution in [1.29, 1.82) is 0 Å². The topological polar surface area (TPSA) is 57.0 Å². The number of nitrogens with zero attached hydrogens (tertiary/aromatic N) is 3. The van der Waals surface area contributed by atoms with Crippen LogP contribution < -0.4 is 3.71 Å². The average Bonchev–Trinajstić information content (AvgIpc) is 2.65. The van der Waals surface area contributed by atoms with Gasteiger partial charge in [-0.3, -0.25) is 0 Å². The fourth-order valence-corrected chi connectivity index (χ4v) is 5.94. The van der Waals surface area contributed by atoms with Crippen molar-refractivity contribution in [2.75, 3.05) is 0 Å². The monoisotopic (exact) mass is 383 g/mol. The molecule has 2 heterocycles. The van der Waals surface area contributed by atoms with E-state index in [9.17, 15) is 4.79 Å². The molecule has 0 aliphatic rings. The second-order valence-electron chi connectivity index (χ2n) is 6.87. The minimum absolute atomic E-state index is 0.469. The molecule has 0 spiro atoms. The van der Waals surface area contributed by atoms with Gasteiger partial charge in [-0.1, -0.05) is 0 Å². The molecule has 2 aromatic heterocycles. The van der Waals surface area contributed by atoms with Crippen molar-refractivity contribution in [3.63, 3.8) is 0 Å². The van der Waals surface area contributed by atoms with Crippen molar-refractivity contribution in [3.8, 4) is 0 Å². The standard InChI is InChI=1S/C11H12N3O2.3CH3.Sn/c1-11(2,3)16-10(15)14-9-8(7-13-14)5-4-6-12-9;;;;/h4-6H,1-3H3;3*1H3;. The predicted octanol–water partition coefficient (Wildman–Crippen LogP) is 2.76. The zero-order chi connectivity index (χ0) is 15.1. The molecular weight excluding hydrogens is 361 g/mol. The molecule has 0 fully saturated rings. The van der Waals surface area contributed by atoms with E-state index in [-0.39, 0.29) is 0 Å². The molecule has 0 bridgehead atoms. The van der Waals surface area contributed by atoms with Gasteiger partial charge < -0.3 is 0 Å². The maximum atomic E-state index is 12.3. The number of pyridine rings is 1. The number of hydrogen-bond donors (Lipinski definition) is 0. The van der Waals surface area contributed by atoms with Gasteiger partial charge in [0.2, 0.25) is 0 Å². The molecule has 2 rings (SSSR count). The third-order valence-corrected chi connectivity index (χ3v) is 7.83. The average molecular weight is 382 g/mol. The summed E-state index contributed by atoms with van der Waals surface area (Å²) >= 11 is -2.42. The molecule has 0 atom stereocenters. The van der Waals surface area contributed by atoms with Crippen molar-refractivity contribution in [1.82, 2.24) is 14.8 Å². The van der Waals surface area contributed by atoms with Crippen LogP contribution in [0.25, 0.3) is 11.0 Å². The summed E-state index contributed by atoms with van der Waals surface area (Å²) in [6, 6.07) is 3.86. The summed E-state index contributed by atoms with van der Waals surface area (Å²) in [7, 11) is 0. The number of ether oxygens (including phenoxy) is 1. The van der Waals surface area contributed by atoms with E-state index in [0.717, 1.165) is 9.10 Å². The van der Waals surface area contributed by atoms with Gasteiger partial charge >= 0.3 is 123 Å². The molecule has 108 valence electrons. The Morgan fingerprint density at radius 2 is 1.95 bits per heavy atom. The Morgan fingerprint density at radius 1 is 1.30 bits per heavy atom. The van der Waals surface area contributed by atoms with Crippen molar-refractivity contribution < 1.29 is 9.53 Å². The molecular formula is C14H21N3O2Sn. The Hall–Kier alpha value is -1.11. The van der Waals surface area contributed by atoms with E-state index in [4.69, 9.17) is 4.74 Å². The van der Waals surface area contributed by atoms with Crippen LogP contribution in [0.2, 0.25) is 14.8 Å². The molecule has 0 aliphatic carbocycles. The Balaban J connectivity index is 2.58. The number of carbonyl (C=O) groups excluding carboxylic acids is 1. The molecule has 0 aliphatic heterocycles. The number of hydrogen-bond acceptors (Lipinski definition) is 4. The molecule has 2 aromatic rings. The van der Waals surface area contributed by atoms with E-state index in [1.165, 1.54) is 4.68 Å². The van der Waals surface area contributed by atoms with Gasteiger partial charge in [0, 0.05) is 0 Å². The second-order valence-corrected chi connectivity index (χ2v) is 21.1.